The van der Waals surface area contributed by atoms with Gasteiger partial charge in [0.15, 0.2) is 22.3 Å². The first-order valence-corrected chi connectivity index (χ1v) is 22.4. The maximum Gasteiger partial charge on any atom is 0.413 e. The summed E-state index contributed by atoms with van der Waals surface area (Å²) in [5.74, 6) is -7.42. The zero-order valence-corrected chi connectivity index (χ0v) is 39.5. The number of aromatic nitrogens is 1. The molecule has 1 unspecified atom stereocenters. The highest BCUT2D eigenvalue weighted by molar-refractivity contribution is 7.14. The fourth-order valence-electron chi connectivity index (χ4n) is 7.67. The first-order valence-electron chi connectivity index (χ1n) is 21.6. The molecular weight excluding hydrogens is 921 g/mol. The van der Waals surface area contributed by atoms with Crippen molar-refractivity contribution < 1.29 is 72.0 Å². The Bertz CT molecular complexity index is 2740. The number of esters is 2. The Morgan fingerprint density at radius 1 is 0.855 bits per heavy atom. The molecule has 1 aromatic heterocycles. The lowest BCUT2D eigenvalue weighted by molar-refractivity contribution is -0.256. The molecule has 2 saturated heterocycles. The van der Waals surface area contributed by atoms with E-state index in [1.807, 2.05) is 60.7 Å². The van der Waals surface area contributed by atoms with Gasteiger partial charge in [-0.25, -0.2) is 24.2 Å². The van der Waals surface area contributed by atoms with Gasteiger partial charge in [-0.15, -0.1) is 11.3 Å². The molecule has 8 rings (SSSR count). The van der Waals surface area contributed by atoms with Crippen LogP contribution in [0.4, 0.5) is 9.93 Å². The number of hydroxylamine groups is 2. The van der Waals surface area contributed by atoms with Gasteiger partial charge >= 0.3 is 35.5 Å². The van der Waals surface area contributed by atoms with Crippen LogP contribution in [0.3, 0.4) is 0 Å². The van der Waals surface area contributed by atoms with Crippen molar-refractivity contribution >= 4 is 63.9 Å². The molecule has 22 heteroatoms. The molecule has 3 atom stereocenters. The number of fused-ring (bicyclic) bond motifs is 2. The lowest BCUT2D eigenvalue weighted by atomic mass is 9.97. The van der Waals surface area contributed by atoms with E-state index in [2.05, 4.69) is 20.8 Å². The summed E-state index contributed by atoms with van der Waals surface area (Å²) >= 11 is 0.886. The van der Waals surface area contributed by atoms with Gasteiger partial charge < -0.3 is 43.8 Å². The molecule has 69 heavy (non-hydrogen) atoms. The van der Waals surface area contributed by atoms with Gasteiger partial charge in [0.25, 0.3) is 17.7 Å². The molecule has 21 nitrogen and oxygen atoms in total. The summed E-state index contributed by atoms with van der Waals surface area (Å²) in [6, 6.07) is 18.6. The summed E-state index contributed by atoms with van der Waals surface area (Å²) in [7, 11) is 0. The van der Waals surface area contributed by atoms with Gasteiger partial charge in [-0.05, 0) is 73.1 Å². The quantitative estimate of drug-likeness (QED) is 0.0729. The number of aliphatic carboxylic acids is 1. The minimum absolute atomic E-state index is 0.0166. The molecule has 4 amide bonds. The van der Waals surface area contributed by atoms with Gasteiger partial charge in [0, 0.05) is 28.6 Å². The third-order valence-corrected chi connectivity index (χ3v) is 11.6. The number of amides is 4. The van der Waals surface area contributed by atoms with E-state index in [0.29, 0.717) is 27.5 Å². The summed E-state index contributed by atoms with van der Waals surface area (Å²) in [5, 5.41) is 21.1. The number of benzene rings is 3. The highest BCUT2D eigenvalue weighted by Gasteiger charge is 2.64. The molecular formula is C47H48N6O15S. The Kier molecular flexibility index (Phi) is 12.1. The lowest BCUT2D eigenvalue weighted by Gasteiger charge is -2.31. The van der Waals surface area contributed by atoms with E-state index in [0.717, 1.165) is 16.2 Å². The molecule has 3 N–H and O–H groups in total. The van der Waals surface area contributed by atoms with E-state index in [1.165, 1.54) is 25.3 Å². The van der Waals surface area contributed by atoms with Crippen LogP contribution in [0.2, 0.25) is 0 Å². The first-order chi connectivity index (χ1) is 32.4. The maximum absolute atomic E-state index is 14.1. The average molecular weight is 969 g/mol. The number of ether oxygens (including phenoxy) is 5. The second-order valence-electron chi connectivity index (χ2n) is 18.8. The zero-order valence-electron chi connectivity index (χ0n) is 38.6. The molecule has 4 aromatic rings. The Hall–Kier alpha value is -7.59. The number of carbonyl (C=O) groups is 7. The number of cyclic esters (lactones) is 1. The Morgan fingerprint density at radius 3 is 2.06 bits per heavy atom. The molecule has 0 aliphatic carbocycles. The number of nitrogens with zero attached hydrogens (tertiary/aromatic N) is 4. The minimum atomic E-state index is -2.78. The van der Waals surface area contributed by atoms with E-state index < -0.39 is 101 Å². The molecule has 362 valence electrons. The summed E-state index contributed by atoms with van der Waals surface area (Å²) in [5.41, 5.74) is -5.01. The monoisotopic (exact) mass is 968 g/mol. The normalized spacial score (nSPS) is 20.9. The van der Waals surface area contributed by atoms with Crippen molar-refractivity contribution in [3.63, 3.8) is 0 Å². The van der Waals surface area contributed by atoms with Crippen molar-refractivity contribution in [1.29, 1.82) is 0 Å². The van der Waals surface area contributed by atoms with Crippen molar-refractivity contribution in [3.8, 4) is 11.5 Å². The van der Waals surface area contributed by atoms with Crippen LogP contribution in [0.5, 0.6) is 11.5 Å². The summed E-state index contributed by atoms with van der Waals surface area (Å²) < 4.78 is 29.2. The van der Waals surface area contributed by atoms with Gasteiger partial charge in [0.1, 0.15) is 35.6 Å². The SMILES string of the molecule is CC(C)(C)OC(=O)Nc1nc(/C(=N/OC(C)(C)C(=O)OC(C)(C)C)C(=O)N[C@H]2CON(C3(C(=O)O)C[C@H](N4Cc5cc6c(cc5C4=O)OC(c4ccccc4)(c4ccccc4)O6)C(=O)O3)C2=O)cs1. The topological polar surface area (TPSA) is 260 Å². The Morgan fingerprint density at radius 2 is 1.46 bits per heavy atom. The Labute approximate surface area is 398 Å². The number of nitrogens with one attached hydrogen (secondary N) is 2. The van der Waals surface area contributed by atoms with E-state index in [1.54, 1.807) is 47.6 Å². The number of thiazole rings is 1. The van der Waals surface area contributed by atoms with Gasteiger partial charge in [0.2, 0.25) is 5.60 Å². The van der Waals surface area contributed by atoms with Crippen LogP contribution in [0, 0.1) is 0 Å². The van der Waals surface area contributed by atoms with Crippen LogP contribution in [-0.2, 0) is 60.2 Å². The van der Waals surface area contributed by atoms with Gasteiger partial charge in [0.05, 0.1) is 6.42 Å². The van der Waals surface area contributed by atoms with Gasteiger partial charge in [-0.2, -0.15) is 5.06 Å². The second kappa shape index (κ2) is 17.5. The molecule has 5 heterocycles. The Balaban J connectivity index is 0.993. The number of carbonyl (C=O) groups excluding carboxylic acids is 6. The molecule has 0 spiro atoms. The summed E-state index contributed by atoms with van der Waals surface area (Å²) in [6.07, 6.45) is -1.59. The van der Waals surface area contributed by atoms with Crippen LogP contribution >= 0.6 is 11.3 Å². The van der Waals surface area contributed by atoms with Gasteiger partial charge in [-0.3, -0.25) is 24.5 Å². The number of carboxylic acid groups (broad SMARTS) is 1. The van der Waals surface area contributed by atoms with Crippen LogP contribution in [0.1, 0.15) is 94.6 Å². The molecule has 3 aromatic carbocycles. The average Bonchev–Trinajstić information content (AvgIpc) is 4.10. The molecule has 0 bridgehead atoms. The van der Waals surface area contributed by atoms with Crippen molar-refractivity contribution in [2.45, 2.75) is 109 Å². The third kappa shape index (κ3) is 9.36. The van der Waals surface area contributed by atoms with E-state index in [9.17, 15) is 38.7 Å². The number of rotatable bonds is 12. The van der Waals surface area contributed by atoms with Crippen molar-refractivity contribution in [3.05, 3.63) is 106 Å². The fraction of sp³-hybridized carbons (Fsp3) is 0.383. The van der Waals surface area contributed by atoms with Crippen molar-refractivity contribution in [2.24, 2.45) is 5.16 Å². The lowest BCUT2D eigenvalue weighted by Crippen LogP contribution is -2.57. The van der Waals surface area contributed by atoms with E-state index >= 15 is 0 Å². The van der Waals surface area contributed by atoms with Gasteiger partial charge in [-0.1, -0.05) is 65.8 Å². The fourth-order valence-corrected chi connectivity index (χ4v) is 8.35. The van der Waals surface area contributed by atoms with E-state index in [4.69, 9.17) is 33.4 Å². The zero-order chi connectivity index (χ0) is 49.8. The standard InChI is InChI=1S/C47H48N6O15S/c1-43(2,3)66-40(60)45(7,8)68-51-34(30-24-69-41(49-30)50-42(61)67-44(4,5)6)35(54)48-29-23-62-53(37(29)56)46(39(58)59)21-31(38(57)65-46)52-22-25-19-32-33(20-28(25)36(52)55)64-47(63-32,26-15-11-9-12-16-26)27-17-13-10-14-18-27/h9-20,24,29,31H,21-23H2,1-8H3,(H,48,54)(H,58,59)(H,49,50,61)/b51-34-/t29-,31-,46?/m0/s1. The molecule has 4 aliphatic heterocycles. The maximum atomic E-state index is 14.1. The highest BCUT2D eigenvalue weighted by Crippen LogP contribution is 2.50. The van der Waals surface area contributed by atoms with Crippen LogP contribution < -0.4 is 20.1 Å². The van der Waals surface area contributed by atoms with Crippen LogP contribution in [0.15, 0.2) is 83.3 Å². The second-order valence-corrected chi connectivity index (χ2v) is 19.7. The largest absolute Gasteiger partial charge is 0.477 e. The number of hydrogen-bond acceptors (Lipinski definition) is 17. The number of carboxylic acids is 1. The predicted octanol–water partition coefficient (Wildman–Crippen LogP) is 5.01. The predicted molar refractivity (Wildman–Crippen MR) is 240 cm³/mol. The van der Waals surface area contributed by atoms with Crippen molar-refractivity contribution in [1.82, 2.24) is 20.3 Å². The molecule has 0 saturated carbocycles. The molecule has 0 radical (unpaired) electrons. The van der Waals surface area contributed by atoms with E-state index in [-0.39, 0.29) is 28.7 Å². The van der Waals surface area contributed by atoms with Crippen molar-refractivity contribution in [2.75, 3.05) is 11.9 Å². The van der Waals surface area contributed by atoms with Crippen LogP contribution in [0.25, 0.3) is 0 Å². The number of anilines is 1. The summed E-state index contributed by atoms with van der Waals surface area (Å²) in [4.78, 5) is 111. The smallest absolute Gasteiger partial charge is 0.413 e. The molecule has 4 aliphatic rings. The number of oxime groups is 1. The highest BCUT2D eigenvalue weighted by atomic mass is 32.1. The molecule has 2 fully saturated rings. The van der Waals surface area contributed by atoms with Crippen LogP contribution in [-0.4, -0.2) is 109 Å². The summed E-state index contributed by atoms with van der Waals surface area (Å²) in [6.45, 7) is 11.8. The number of hydrogen-bond donors (Lipinski definition) is 3. The minimum Gasteiger partial charge on any atom is -0.477 e. The third-order valence-electron chi connectivity index (χ3n) is 10.9. The first kappa shape index (κ1) is 47.9.